The van der Waals surface area contributed by atoms with Gasteiger partial charge in [0.05, 0.1) is 26.4 Å². The normalized spacial score (nSPS) is 11.7. The molecule has 1 unspecified atom stereocenters. The van der Waals surface area contributed by atoms with Gasteiger partial charge in [-0.05, 0) is 52.3 Å². The zero-order valence-corrected chi connectivity index (χ0v) is 25.7. The number of ether oxygens (including phenoxy) is 4. The van der Waals surface area contributed by atoms with Gasteiger partial charge < -0.3 is 34.0 Å². The highest BCUT2D eigenvalue weighted by molar-refractivity contribution is 5.84. The summed E-state index contributed by atoms with van der Waals surface area (Å²) < 4.78 is 27.5. The number of nitrogens with one attached hydrogen (secondary N) is 2. The van der Waals surface area contributed by atoms with Gasteiger partial charge in [-0.15, -0.1) is 0 Å². The van der Waals surface area contributed by atoms with E-state index in [-0.39, 0.29) is 21.9 Å². The number of carbonyl (C=O) groups is 2. The summed E-state index contributed by atoms with van der Waals surface area (Å²) in [6.07, 6.45) is -1.41. The molecule has 0 aliphatic carbocycles. The van der Waals surface area contributed by atoms with Crippen LogP contribution in [-0.2, 0) is 19.0 Å². The van der Waals surface area contributed by atoms with Crippen molar-refractivity contribution in [2.45, 2.75) is 60.2 Å². The highest BCUT2D eigenvalue weighted by Gasteiger charge is 2.23. The summed E-state index contributed by atoms with van der Waals surface area (Å²) in [6.45, 7) is 15.1. The summed E-state index contributed by atoms with van der Waals surface area (Å²) in [4.78, 5) is 36.5. The molecule has 234 valence electrons. The SMILES string of the molecule is CC.Cc1ccc(C(Oc2ccc3c(C)cc(=O)oc3c2)C(=O)NCCOCCOCCNC(=O)OC(C)(C)C)cc1.[HH].[HH]. The molecule has 1 atom stereocenters. The van der Waals surface area contributed by atoms with Crippen molar-refractivity contribution in [3.05, 3.63) is 75.6 Å². The van der Waals surface area contributed by atoms with Crippen LogP contribution in [0.1, 0.15) is 60.3 Å². The van der Waals surface area contributed by atoms with Crippen molar-refractivity contribution in [1.82, 2.24) is 10.6 Å². The van der Waals surface area contributed by atoms with E-state index >= 15 is 0 Å². The van der Waals surface area contributed by atoms with Crippen molar-refractivity contribution in [1.29, 1.82) is 0 Å². The van der Waals surface area contributed by atoms with Crippen LogP contribution in [0.15, 0.2) is 57.7 Å². The average Bonchev–Trinajstić information content (AvgIpc) is 2.93. The number of hydrogen-bond donors (Lipinski definition) is 2. The summed E-state index contributed by atoms with van der Waals surface area (Å²) in [5.41, 5.74) is 1.94. The van der Waals surface area contributed by atoms with Gasteiger partial charge in [0.25, 0.3) is 5.91 Å². The second-order valence-electron chi connectivity index (χ2n) is 10.3. The lowest BCUT2D eigenvalue weighted by Gasteiger charge is -2.20. The molecule has 2 N–H and O–H groups in total. The predicted octanol–water partition coefficient (Wildman–Crippen LogP) is 5.72. The van der Waals surface area contributed by atoms with Crippen molar-refractivity contribution in [3.63, 3.8) is 0 Å². The third-order valence-corrected chi connectivity index (χ3v) is 5.63. The molecule has 2 amide bonds. The third kappa shape index (κ3) is 11.9. The Bertz CT molecular complexity index is 1340. The number of carbonyl (C=O) groups excluding carboxylic acids is 2. The molecule has 0 aliphatic rings. The van der Waals surface area contributed by atoms with Crippen LogP contribution >= 0.6 is 0 Å². The van der Waals surface area contributed by atoms with Gasteiger partial charge in [-0.25, -0.2) is 9.59 Å². The predicted molar refractivity (Wildman–Crippen MR) is 166 cm³/mol. The molecule has 0 radical (unpaired) electrons. The minimum atomic E-state index is -0.921. The van der Waals surface area contributed by atoms with E-state index < -0.39 is 23.4 Å². The van der Waals surface area contributed by atoms with Crippen LogP contribution in [0.4, 0.5) is 4.79 Å². The van der Waals surface area contributed by atoms with Gasteiger partial charge in [0.1, 0.15) is 16.9 Å². The molecule has 1 aromatic heterocycles. The van der Waals surface area contributed by atoms with Gasteiger partial charge in [0.15, 0.2) is 0 Å². The molecule has 2 aromatic carbocycles. The first-order valence-corrected chi connectivity index (χ1v) is 14.2. The smallest absolute Gasteiger partial charge is 0.407 e. The Morgan fingerprint density at radius 3 is 2.12 bits per heavy atom. The van der Waals surface area contributed by atoms with E-state index in [9.17, 15) is 14.4 Å². The molecule has 3 rings (SSSR count). The number of hydrogen-bond acceptors (Lipinski definition) is 8. The molecular weight excluding hydrogens is 540 g/mol. The fourth-order valence-electron chi connectivity index (χ4n) is 3.73. The minimum Gasteiger partial charge on any atom is -0.476 e. The first kappa shape index (κ1) is 34.3. The average molecular weight is 589 g/mol. The van der Waals surface area contributed by atoms with Crippen LogP contribution in [0, 0.1) is 13.8 Å². The Hall–Kier alpha value is -3.89. The minimum absolute atomic E-state index is 0. The fraction of sp³-hybridized carbons (Fsp3) is 0.469. The van der Waals surface area contributed by atoms with Crippen molar-refractivity contribution in [2.75, 3.05) is 39.5 Å². The zero-order chi connectivity index (χ0) is 31.1. The Balaban J connectivity index is 0.00000453. The van der Waals surface area contributed by atoms with Crippen LogP contribution in [-0.4, -0.2) is 57.1 Å². The molecule has 0 aliphatic heterocycles. The first-order valence-electron chi connectivity index (χ1n) is 14.2. The Kier molecular flexibility index (Phi) is 14.0. The van der Waals surface area contributed by atoms with E-state index in [4.69, 9.17) is 23.4 Å². The number of aryl methyl sites for hydroxylation is 2. The molecule has 0 bridgehead atoms. The monoisotopic (exact) mass is 588 g/mol. The largest absolute Gasteiger partial charge is 0.476 e. The Morgan fingerprint density at radius 2 is 1.50 bits per heavy atom. The maximum Gasteiger partial charge on any atom is 0.407 e. The molecule has 42 heavy (non-hydrogen) atoms. The van der Waals surface area contributed by atoms with E-state index in [0.29, 0.717) is 43.3 Å². The first-order chi connectivity index (χ1) is 20.0. The maximum atomic E-state index is 13.1. The zero-order valence-electron chi connectivity index (χ0n) is 25.7. The van der Waals surface area contributed by atoms with Gasteiger partial charge in [-0.1, -0.05) is 43.7 Å². The van der Waals surface area contributed by atoms with E-state index in [1.807, 2.05) is 52.0 Å². The van der Waals surface area contributed by atoms with Gasteiger partial charge in [0, 0.05) is 39.0 Å². The standard InChI is InChI=1S/C30H38N2O8.C2H6.2H2/c1-20-6-8-22(9-7-20)27(38-23-10-11-24-21(2)18-26(33)39-25(24)19-23)28(34)31-12-14-36-16-17-37-15-13-32-29(35)40-30(3,4)5;1-2;;/h6-11,18-19,27H,12-17H2,1-5H3,(H,31,34)(H,32,35);1-2H3;2*1H. The lowest BCUT2D eigenvalue weighted by atomic mass is 10.1. The van der Waals surface area contributed by atoms with Crippen LogP contribution < -0.4 is 21.0 Å². The van der Waals surface area contributed by atoms with Gasteiger partial charge in [-0.3, -0.25) is 4.79 Å². The topological polar surface area (TPSA) is 125 Å². The van der Waals surface area contributed by atoms with E-state index in [2.05, 4.69) is 10.6 Å². The highest BCUT2D eigenvalue weighted by Crippen LogP contribution is 2.27. The number of alkyl carbamates (subject to hydrolysis) is 1. The second kappa shape index (κ2) is 17.2. The van der Waals surface area contributed by atoms with Crippen LogP contribution in [0.5, 0.6) is 5.75 Å². The molecular formula is C32H48N2O8. The summed E-state index contributed by atoms with van der Waals surface area (Å²) in [5.74, 6) is 0.0687. The molecule has 10 nitrogen and oxygen atoms in total. The van der Waals surface area contributed by atoms with E-state index in [0.717, 1.165) is 16.5 Å². The number of fused-ring (bicyclic) bond motifs is 1. The molecule has 0 saturated carbocycles. The summed E-state index contributed by atoms with van der Waals surface area (Å²) in [6, 6.07) is 14.1. The van der Waals surface area contributed by atoms with Crippen molar-refractivity contribution < 1.29 is 35.8 Å². The number of amides is 2. The van der Waals surface area contributed by atoms with Crippen molar-refractivity contribution >= 4 is 23.0 Å². The van der Waals surface area contributed by atoms with Gasteiger partial charge >= 0.3 is 11.7 Å². The molecule has 3 aromatic rings. The second-order valence-corrected chi connectivity index (χ2v) is 10.3. The summed E-state index contributed by atoms with van der Waals surface area (Å²) in [5, 5.41) is 6.26. The van der Waals surface area contributed by atoms with Crippen molar-refractivity contribution in [3.8, 4) is 5.75 Å². The van der Waals surface area contributed by atoms with E-state index in [1.165, 1.54) is 6.07 Å². The Morgan fingerprint density at radius 1 is 0.881 bits per heavy atom. The Labute approximate surface area is 250 Å². The lowest BCUT2D eigenvalue weighted by Crippen LogP contribution is -2.35. The highest BCUT2D eigenvalue weighted by atomic mass is 16.6. The van der Waals surface area contributed by atoms with Crippen LogP contribution in [0.3, 0.4) is 0 Å². The fourth-order valence-corrected chi connectivity index (χ4v) is 3.73. The van der Waals surface area contributed by atoms with Gasteiger partial charge in [0.2, 0.25) is 6.10 Å². The van der Waals surface area contributed by atoms with Crippen molar-refractivity contribution in [2.24, 2.45) is 0 Å². The van der Waals surface area contributed by atoms with Crippen LogP contribution in [0.25, 0.3) is 11.0 Å². The lowest BCUT2D eigenvalue weighted by molar-refractivity contribution is -0.128. The van der Waals surface area contributed by atoms with E-state index in [1.54, 1.807) is 39.0 Å². The number of benzene rings is 2. The molecule has 0 saturated heterocycles. The molecule has 0 fully saturated rings. The molecule has 10 heteroatoms. The number of rotatable bonds is 13. The quantitative estimate of drug-likeness (QED) is 0.192. The summed E-state index contributed by atoms with van der Waals surface area (Å²) >= 11 is 0. The third-order valence-electron chi connectivity index (χ3n) is 5.63. The van der Waals surface area contributed by atoms with Gasteiger partial charge in [-0.2, -0.15) is 0 Å². The molecule has 0 spiro atoms. The molecule has 1 heterocycles. The maximum absolute atomic E-state index is 13.1. The summed E-state index contributed by atoms with van der Waals surface area (Å²) in [7, 11) is 0. The van der Waals surface area contributed by atoms with Crippen LogP contribution in [0.2, 0.25) is 0 Å².